The first kappa shape index (κ1) is 10.7. The van der Waals surface area contributed by atoms with E-state index >= 15 is 0 Å². The van der Waals surface area contributed by atoms with E-state index in [1.54, 1.807) is 18.5 Å². The molecule has 1 heterocycles. The second kappa shape index (κ2) is 4.11. The second-order valence-corrected chi connectivity index (χ2v) is 4.10. The van der Waals surface area contributed by atoms with Crippen LogP contribution >= 0.6 is 0 Å². The van der Waals surface area contributed by atoms with Gasteiger partial charge in [-0.15, -0.1) is 0 Å². The lowest BCUT2D eigenvalue weighted by molar-refractivity contribution is 0.633. The van der Waals surface area contributed by atoms with Crippen LogP contribution in [0.1, 0.15) is 0 Å². The summed E-state index contributed by atoms with van der Waals surface area (Å²) in [6.07, 6.45) is 3.51. The molecule has 1 aromatic heterocycles. The van der Waals surface area contributed by atoms with Crippen LogP contribution in [0.4, 0.5) is 10.1 Å². The molecule has 0 amide bonds. The molecule has 18 heavy (non-hydrogen) atoms. The fourth-order valence-corrected chi connectivity index (χ4v) is 2.12. The van der Waals surface area contributed by atoms with Crippen LogP contribution in [0.15, 0.2) is 54.9 Å². The fourth-order valence-electron chi connectivity index (χ4n) is 2.12. The quantitative estimate of drug-likeness (QED) is 0.657. The van der Waals surface area contributed by atoms with Crippen molar-refractivity contribution in [3.63, 3.8) is 0 Å². The number of pyridine rings is 1. The summed E-state index contributed by atoms with van der Waals surface area (Å²) >= 11 is 0. The Morgan fingerprint density at radius 2 is 1.72 bits per heavy atom. The Kier molecular flexibility index (Phi) is 2.45. The first-order chi connectivity index (χ1) is 8.77. The number of para-hydroxylation sites is 1. The van der Waals surface area contributed by atoms with Crippen molar-refractivity contribution in [3.05, 3.63) is 60.7 Å². The molecule has 0 saturated carbocycles. The zero-order valence-electron chi connectivity index (χ0n) is 9.60. The van der Waals surface area contributed by atoms with Gasteiger partial charge in [0.05, 0.1) is 5.69 Å². The van der Waals surface area contributed by atoms with E-state index in [4.69, 9.17) is 5.73 Å². The highest BCUT2D eigenvalue weighted by Crippen LogP contribution is 2.32. The zero-order valence-corrected chi connectivity index (χ0v) is 9.60. The van der Waals surface area contributed by atoms with Crippen molar-refractivity contribution < 1.29 is 4.39 Å². The number of anilines is 1. The highest BCUT2D eigenvalue weighted by atomic mass is 19.1. The summed E-state index contributed by atoms with van der Waals surface area (Å²) in [4.78, 5) is 4.12. The molecular weight excluding hydrogens is 227 g/mol. The monoisotopic (exact) mass is 238 g/mol. The minimum absolute atomic E-state index is 0.175. The number of hydrogen-bond donors (Lipinski definition) is 1. The van der Waals surface area contributed by atoms with Crippen molar-refractivity contribution >= 4 is 16.5 Å². The van der Waals surface area contributed by atoms with Gasteiger partial charge in [-0.3, -0.25) is 4.98 Å². The van der Waals surface area contributed by atoms with Gasteiger partial charge >= 0.3 is 0 Å². The SMILES string of the molecule is Nc1c(F)cccc1-c1cccc2ccncc12. The normalized spacial score (nSPS) is 10.7. The first-order valence-corrected chi connectivity index (χ1v) is 5.64. The van der Waals surface area contributed by atoms with E-state index in [1.165, 1.54) is 6.07 Å². The van der Waals surface area contributed by atoms with Crippen molar-refractivity contribution in [2.45, 2.75) is 0 Å². The predicted molar refractivity (Wildman–Crippen MR) is 71.5 cm³/mol. The summed E-state index contributed by atoms with van der Waals surface area (Å²) < 4.78 is 13.5. The van der Waals surface area contributed by atoms with Gasteiger partial charge in [-0.25, -0.2) is 4.39 Å². The largest absolute Gasteiger partial charge is 0.396 e. The number of fused-ring (bicyclic) bond motifs is 1. The van der Waals surface area contributed by atoms with Gasteiger partial charge in [-0.1, -0.05) is 30.3 Å². The highest BCUT2D eigenvalue weighted by molar-refractivity contribution is 5.98. The molecule has 2 nitrogen and oxygen atoms in total. The molecule has 0 aliphatic carbocycles. The predicted octanol–water partition coefficient (Wildman–Crippen LogP) is 3.62. The number of rotatable bonds is 1. The van der Waals surface area contributed by atoms with Crippen molar-refractivity contribution in [3.8, 4) is 11.1 Å². The third-order valence-corrected chi connectivity index (χ3v) is 3.03. The van der Waals surface area contributed by atoms with Crippen LogP contribution in [-0.2, 0) is 0 Å². The maximum absolute atomic E-state index is 13.5. The lowest BCUT2D eigenvalue weighted by Gasteiger charge is -2.09. The molecule has 0 spiro atoms. The Hall–Kier alpha value is -2.42. The number of aromatic nitrogens is 1. The molecule has 0 aliphatic heterocycles. The molecule has 0 atom stereocenters. The molecular formula is C15H11FN2. The first-order valence-electron chi connectivity index (χ1n) is 5.64. The number of benzene rings is 2. The molecule has 88 valence electrons. The topological polar surface area (TPSA) is 38.9 Å². The van der Waals surface area contributed by atoms with Crippen LogP contribution in [0.25, 0.3) is 21.9 Å². The summed E-state index contributed by atoms with van der Waals surface area (Å²) in [5, 5.41) is 2.03. The molecule has 0 radical (unpaired) electrons. The molecule has 0 bridgehead atoms. The molecule has 3 rings (SSSR count). The molecule has 2 N–H and O–H groups in total. The van der Waals surface area contributed by atoms with E-state index in [-0.39, 0.29) is 5.69 Å². The molecule has 2 aromatic carbocycles. The van der Waals surface area contributed by atoms with E-state index in [1.807, 2.05) is 30.3 Å². The molecule has 0 unspecified atom stereocenters. The Labute approximate surface area is 104 Å². The summed E-state index contributed by atoms with van der Waals surface area (Å²) in [7, 11) is 0. The van der Waals surface area contributed by atoms with Crippen molar-refractivity contribution in [1.29, 1.82) is 0 Å². The Bertz CT molecular complexity index is 717. The minimum Gasteiger partial charge on any atom is -0.396 e. The molecule has 3 heteroatoms. The van der Waals surface area contributed by atoms with Crippen LogP contribution in [0.3, 0.4) is 0 Å². The average Bonchev–Trinajstić information content (AvgIpc) is 2.41. The Morgan fingerprint density at radius 1 is 0.944 bits per heavy atom. The molecule has 0 saturated heterocycles. The number of halogens is 1. The van der Waals surface area contributed by atoms with Gasteiger partial charge in [-0.05, 0) is 23.1 Å². The third-order valence-electron chi connectivity index (χ3n) is 3.03. The van der Waals surface area contributed by atoms with E-state index in [0.29, 0.717) is 5.56 Å². The van der Waals surface area contributed by atoms with Gasteiger partial charge < -0.3 is 5.73 Å². The molecule has 3 aromatic rings. The highest BCUT2D eigenvalue weighted by Gasteiger charge is 2.09. The van der Waals surface area contributed by atoms with Gasteiger partial charge in [-0.2, -0.15) is 0 Å². The van der Waals surface area contributed by atoms with Gasteiger partial charge in [0.15, 0.2) is 0 Å². The number of hydrogen-bond acceptors (Lipinski definition) is 2. The van der Waals surface area contributed by atoms with Gasteiger partial charge in [0.25, 0.3) is 0 Å². The molecule has 0 fully saturated rings. The summed E-state index contributed by atoms with van der Waals surface area (Å²) in [5.74, 6) is -0.395. The van der Waals surface area contributed by atoms with Crippen molar-refractivity contribution in [2.75, 3.05) is 5.73 Å². The molecule has 0 aliphatic rings. The van der Waals surface area contributed by atoms with Crippen molar-refractivity contribution in [2.24, 2.45) is 0 Å². The number of nitrogens with two attached hydrogens (primary N) is 1. The van der Waals surface area contributed by atoms with Crippen LogP contribution < -0.4 is 5.73 Å². The summed E-state index contributed by atoms with van der Waals surface area (Å²) in [5.41, 5.74) is 7.59. The summed E-state index contributed by atoms with van der Waals surface area (Å²) in [6.45, 7) is 0. The number of nitrogens with zero attached hydrogens (tertiary/aromatic N) is 1. The summed E-state index contributed by atoms with van der Waals surface area (Å²) in [6, 6.07) is 12.6. The van der Waals surface area contributed by atoms with Crippen LogP contribution in [0.2, 0.25) is 0 Å². The van der Waals surface area contributed by atoms with Gasteiger partial charge in [0, 0.05) is 23.3 Å². The maximum Gasteiger partial charge on any atom is 0.146 e. The van der Waals surface area contributed by atoms with Gasteiger partial charge in [0.2, 0.25) is 0 Å². The van der Waals surface area contributed by atoms with Crippen LogP contribution in [0, 0.1) is 5.82 Å². The standard InChI is InChI=1S/C15H11FN2/c16-14-6-2-5-12(15(14)17)11-4-1-3-10-7-8-18-9-13(10)11/h1-9H,17H2. The van der Waals surface area contributed by atoms with E-state index in [9.17, 15) is 4.39 Å². The smallest absolute Gasteiger partial charge is 0.146 e. The third kappa shape index (κ3) is 1.61. The van der Waals surface area contributed by atoms with Crippen LogP contribution in [0.5, 0.6) is 0 Å². The van der Waals surface area contributed by atoms with E-state index in [2.05, 4.69) is 4.98 Å². The van der Waals surface area contributed by atoms with E-state index in [0.717, 1.165) is 16.3 Å². The van der Waals surface area contributed by atoms with Crippen LogP contribution in [-0.4, -0.2) is 4.98 Å². The minimum atomic E-state index is -0.395. The van der Waals surface area contributed by atoms with Crippen molar-refractivity contribution in [1.82, 2.24) is 4.98 Å². The Balaban J connectivity index is 2.35. The second-order valence-electron chi connectivity index (χ2n) is 4.10. The Morgan fingerprint density at radius 3 is 2.61 bits per heavy atom. The maximum atomic E-state index is 13.5. The average molecular weight is 238 g/mol. The zero-order chi connectivity index (χ0) is 12.5. The lowest BCUT2D eigenvalue weighted by Crippen LogP contribution is -1.94. The number of nitrogen functional groups attached to an aromatic ring is 1. The van der Waals surface area contributed by atoms with E-state index < -0.39 is 5.82 Å². The fraction of sp³-hybridized carbons (Fsp3) is 0. The lowest BCUT2D eigenvalue weighted by atomic mass is 9.98. The van der Waals surface area contributed by atoms with Gasteiger partial charge in [0.1, 0.15) is 5.82 Å².